The summed E-state index contributed by atoms with van der Waals surface area (Å²) in [6.45, 7) is 0. The maximum atomic E-state index is 13.1. The summed E-state index contributed by atoms with van der Waals surface area (Å²) in [5.41, 5.74) is 1.23. The Morgan fingerprint density at radius 2 is 1.82 bits per heavy atom. The number of aliphatic hydroxyl groups is 1. The van der Waals surface area contributed by atoms with Gasteiger partial charge in [0.2, 0.25) is 0 Å². The Morgan fingerprint density at radius 3 is 2.53 bits per heavy atom. The van der Waals surface area contributed by atoms with Crippen LogP contribution in [-0.2, 0) is 0 Å². The van der Waals surface area contributed by atoms with E-state index in [1.165, 1.54) is 12.1 Å². The molecule has 0 spiro atoms. The van der Waals surface area contributed by atoms with Gasteiger partial charge in [0.05, 0.1) is 0 Å². The van der Waals surface area contributed by atoms with Gasteiger partial charge in [-0.15, -0.1) is 0 Å². The van der Waals surface area contributed by atoms with Gasteiger partial charge in [0.15, 0.2) is 0 Å². The molecule has 0 bridgehead atoms. The molecule has 17 heavy (non-hydrogen) atoms. The molecule has 4 heteroatoms. The summed E-state index contributed by atoms with van der Waals surface area (Å²) in [6.07, 6.45) is -0.849. The molecule has 0 aliphatic carbocycles. The molecule has 1 nitrogen and oxygen atoms in total. The first-order valence-electron chi connectivity index (χ1n) is 4.96. The summed E-state index contributed by atoms with van der Waals surface area (Å²) in [5, 5.41) is 10.2. The van der Waals surface area contributed by atoms with Crippen molar-refractivity contribution in [2.45, 2.75) is 6.10 Å². The van der Waals surface area contributed by atoms with Crippen LogP contribution in [0.4, 0.5) is 4.39 Å². The van der Waals surface area contributed by atoms with Crippen LogP contribution in [0.1, 0.15) is 17.2 Å². The van der Waals surface area contributed by atoms with Gasteiger partial charge in [-0.25, -0.2) is 4.39 Å². The van der Waals surface area contributed by atoms with Crippen molar-refractivity contribution < 1.29 is 9.50 Å². The molecule has 0 aromatic heterocycles. The molecule has 1 unspecified atom stereocenters. The Hall–Kier alpha value is -0.710. The topological polar surface area (TPSA) is 20.2 Å². The zero-order chi connectivity index (χ0) is 12.4. The van der Waals surface area contributed by atoms with Gasteiger partial charge in [0.25, 0.3) is 0 Å². The maximum absolute atomic E-state index is 13.1. The highest BCUT2D eigenvalue weighted by atomic mass is 79.9. The third-order valence-corrected chi connectivity index (χ3v) is 3.63. The van der Waals surface area contributed by atoms with Gasteiger partial charge in [0.1, 0.15) is 11.9 Å². The van der Waals surface area contributed by atoms with E-state index in [9.17, 15) is 9.50 Å². The molecular formula is C13H9Br2FO. The quantitative estimate of drug-likeness (QED) is 0.840. The highest BCUT2D eigenvalue weighted by Gasteiger charge is 2.14. The van der Waals surface area contributed by atoms with Gasteiger partial charge >= 0.3 is 0 Å². The lowest BCUT2D eigenvalue weighted by Crippen LogP contribution is -2.01. The second kappa shape index (κ2) is 5.29. The third-order valence-electron chi connectivity index (χ3n) is 2.42. The van der Waals surface area contributed by atoms with E-state index < -0.39 is 6.10 Å². The molecule has 2 aromatic rings. The predicted octanol–water partition coefficient (Wildman–Crippen LogP) is 4.43. The normalized spacial score (nSPS) is 12.5. The lowest BCUT2D eigenvalue weighted by atomic mass is 10.0. The fourth-order valence-corrected chi connectivity index (χ4v) is 2.42. The minimum Gasteiger partial charge on any atom is -0.384 e. The summed E-state index contributed by atoms with van der Waals surface area (Å²) < 4.78 is 14.7. The maximum Gasteiger partial charge on any atom is 0.123 e. The van der Waals surface area contributed by atoms with Crippen molar-refractivity contribution in [3.8, 4) is 0 Å². The van der Waals surface area contributed by atoms with Crippen molar-refractivity contribution in [2.75, 3.05) is 0 Å². The molecule has 0 aliphatic heterocycles. The van der Waals surface area contributed by atoms with Crippen LogP contribution in [0.15, 0.2) is 51.4 Å². The van der Waals surface area contributed by atoms with Gasteiger partial charge in [-0.2, -0.15) is 0 Å². The molecule has 0 fully saturated rings. The molecular weight excluding hydrogens is 351 g/mol. The molecule has 0 aliphatic rings. The fraction of sp³-hybridized carbons (Fsp3) is 0.0769. The molecule has 1 atom stereocenters. The molecule has 88 valence electrons. The van der Waals surface area contributed by atoms with E-state index in [-0.39, 0.29) is 5.82 Å². The molecule has 0 amide bonds. The van der Waals surface area contributed by atoms with Crippen molar-refractivity contribution in [2.24, 2.45) is 0 Å². The summed E-state index contributed by atoms with van der Waals surface area (Å²) >= 11 is 6.72. The molecule has 0 radical (unpaired) electrons. The lowest BCUT2D eigenvalue weighted by molar-refractivity contribution is 0.219. The minimum absolute atomic E-state index is 0.354. The molecule has 0 heterocycles. The largest absolute Gasteiger partial charge is 0.384 e. The van der Waals surface area contributed by atoms with Crippen LogP contribution in [0, 0.1) is 5.82 Å². The van der Waals surface area contributed by atoms with Crippen molar-refractivity contribution in [3.63, 3.8) is 0 Å². The molecule has 2 aromatic carbocycles. The summed E-state index contributed by atoms with van der Waals surface area (Å²) in [4.78, 5) is 0. The van der Waals surface area contributed by atoms with E-state index in [1.54, 1.807) is 18.2 Å². The second-order valence-electron chi connectivity index (χ2n) is 3.62. The van der Waals surface area contributed by atoms with E-state index in [0.29, 0.717) is 11.1 Å². The first kappa shape index (κ1) is 12.7. The number of hydrogen-bond donors (Lipinski definition) is 1. The summed E-state index contributed by atoms with van der Waals surface area (Å²) in [5.74, 6) is -0.354. The Labute approximate surface area is 116 Å². The van der Waals surface area contributed by atoms with E-state index >= 15 is 0 Å². The van der Waals surface area contributed by atoms with Crippen LogP contribution in [-0.4, -0.2) is 5.11 Å². The van der Waals surface area contributed by atoms with Crippen molar-refractivity contribution >= 4 is 31.9 Å². The first-order chi connectivity index (χ1) is 8.08. The smallest absolute Gasteiger partial charge is 0.123 e. The minimum atomic E-state index is -0.849. The summed E-state index contributed by atoms with van der Waals surface area (Å²) in [7, 11) is 0. The van der Waals surface area contributed by atoms with Gasteiger partial charge in [-0.1, -0.05) is 44.0 Å². The molecule has 0 saturated carbocycles. The van der Waals surface area contributed by atoms with E-state index in [0.717, 1.165) is 8.95 Å². The Kier molecular flexibility index (Phi) is 3.97. The van der Waals surface area contributed by atoms with Crippen LogP contribution in [0.25, 0.3) is 0 Å². The first-order valence-corrected chi connectivity index (χ1v) is 6.55. The monoisotopic (exact) mass is 358 g/mol. The number of benzene rings is 2. The second-order valence-corrected chi connectivity index (χ2v) is 5.39. The van der Waals surface area contributed by atoms with Crippen molar-refractivity contribution in [1.29, 1.82) is 0 Å². The van der Waals surface area contributed by atoms with Crippen molar-refractivity contribution in [3.05, 3.63) is 68.4 Å². The van der Waals surface area contributed by atoms with Gasteiger partial charge < -0.3 is 5.11 Å². The molecule has 1 N–H and O–H groups in total. The molecule has 2 rings (SSSR count). The van der Waals surface area contributed by atoms with Gasteiger partial charge in [-0.05, 0) is 35.9 Å². The van der Waals surface area contributed by atoms with Crippen LogP contribution < -0.4 is 0 Å². The van der Waals surface area contributed by atoms with E-state index in [1.807, 2.05) is 12.1 Å². The number of halogens is 3. The van der Waals surface area contributed by atoms with Crippen molar-refractivity contribution in [1.82, 2.24) is 0 Å². The predicted molar refractivity (Wildman–Crippen MR) is 72.3 cm³/mol. The Bertz CT molecular complexity index is 543. The SMILES string of the molecule is OC(c1cccc(F)c1)c1cc(Br)ccc1Br. The zero-order valence-corrected chi connectivity index (χ0v) is 11.9. The number of hydrogen-bond acceptors (Lipinski definition) is 1. The van der Waals surface area contributed by atoms with Gasteiger partial charge in [-0.3, -0.25) is 0 Å². The Morgan fingerprint density at radius 1 is 1.06 bits per heavy atom. The highest BCUT2D eigenvalue weighted by molar-refractivity contribution is 9.11. The van der Waals surface area contributed by atoms with Crippen LogP contribution in [0.2, 0.25) is 0 Å². The van der Waals surface area contributed by atoms with Crippen LogP contribution in [0.5, 0.6) is 0 Å². The fourth-order valence-electron chi connectivity index (χ4n) is 1.58. The van der Waals surface area contributed by atoms with Crippen LogP contribution >= 0.6 is 31.9 Å². The highest BCUT2D eigenvalue weighted by Crippen LogP contribution is 2.31. The van der Waals surface area contributed by atoms with Gasteiger partial charge in [0, 0.05) is 14.5 Å². The zero-order valence-electron chi connectivity index (χ0n) is 8.70. The average Bonchev–Trinajstić information content (AvgIpc) is 2.31. The Balaban J connectivity index is 2.43. The summed E-state index contributed by atoms with van der Waals surface area (Å²) in [6, 6.07) is 11.5. The van der Waals surface area contributed by atoms with E-state index in [2.05, 4.69) is 31.9 Å². The number of aliphatic hydroxyl groups excluding tert-OH is 1. The standard InChI is InChI=1S/C13H9Br2FO/c14-9-4-5-12(15)11(7-9)13(17)8-2-1-3-10(16)6-8/h1-7,13,17H. The lowest BCUT2D eigenvalue weighted by Gasteiger charge is -2.13. The average molecular weight is 360 g/mol. The van der Waals surface area contributed by atoms with Crippen LogP contribution in [0.3, 0.4) is 0 Å². The molecule has 0 saturated heterocycles. The van der Waals surface area contributed by atoms with E-state index in [4.69, 9.17) is 0 Å². The third kappa shape index (κ3) is 2.94. The number of rotatable bonds is 2.